The Morgan fingerprint density at radius 3 is 2.38 bits per heavy atom. The summed E-state index contributed by atoms with van der Waals surface area (Å²) in [4.78, 5) is 12.7. The highest BCUT2D eigenvalue weighted by atomic mass is 16.5. The van der Waals surface area contributed by atoms with Gasteiger partial charge in [-0.3, -0.25) is 4.79 Å². The van der Waals surface area contributed by atoms with Crippen LogP contribution in [0.25, 0.3) is 0 Å². The number of carbonyl (C=O) groups is 1. The molecule has 1 atom stereocenters. The predicted molar refractivity (Wildman–Crippen MR) is 106 cm³/mol. The van der Waals surface area contributed by atoms with Gasteiger partial charge in [0.15, 0.2) is 0 Å². The number of hydrogen-bond donors (Lipinski definition) is 1. The van der Waals surface area contributed by atoms with Gasteiger partial charge < -0.3 is 10.1 Å². The van der Waals surface area contributed by atoms with Gasteiger partial charge in [0.05, 0.1) is 0 Å². The zero-order valence-electron chi connectivity index (χ0n) is 15.1. The standard InChI is InChI=1S/C23H23NO2/c1-3-17(2)21-14-7-8-15-22(21)24-23(25)18-10-9-13-20(16-18)26-19-11-5-4-6-12-19/h4-17H,3H2,1-2H3,(H,24,25)/t17-/m0/s1. The van der Waals surface area contributed by atoms with Crippen LogP contribution in [0.3, 0.4) is 0 Å². The third kappa shape index (κ3) is 4.31. The van der Waals surface area contributed by atoms with Crippen LogP contribution in [0, 0.1) is 0 Å². The van der Waals surface area contributed by atoms with E-state index in [1.807, 2.05) is 60.7 Å². The number of anilines is 1. The summed E-state index contributed by atoms with van der Waals surface area (Å²) in [6.45, 7) is 4.31. The maximum atomic E-state index is 12.7. The Kier molecular flexibility index (Phi) is 5.69. The Balaban J connectivity index is 1.78. The van der Waals surface area contributed by atoms with Crippen molar-refractivity contribution in [3.8, 4) is 11.5 Å². The monoisotopic (exact) mass is 345 g/mol. The second-order valence-electron chi connectivity index (χ2n) is 6.29. The lowest BCUT2D eigenvalue weighted by atomic mass is 9.97. The molecular weight excluding hydrogens is 322 g/mol. The molecule has 0 bridgehead atoms. The molecule has 3 aromatic carbocycles. The van der Waals surface area contributed by atoms with E-state index in [4.69, 9.17) is 4.74 Å². The maximum absolute atomic E-state index is 12.7. The first-order valence-corrected chi connectivity index (χ1v) is 8.90. The minimum Gasteiger partial charge on any atom is -0.457 e. The van der Waals surface area contributed by atoms with Gasteiger partial charge in [0.1, 0.15) is 11.5 Å². The van der Waals surface area contributed by atoms with Crippen molar-refractivity contribution in [2.75, 3.05) is 5.32 Å². The molecule has 0 heterocycles. The third-order valence-electron chi connectivity index (χ3n) is 4.43. The molecule has 3 nitrogen and oxygen atoms in total. The molecule has 1 N–H and O–H groups in total. The molecule has 0 saturated carbocycles. The van der Waals surface area contributed by atoms with E-state index in [0.717, 1.165) is 23.4 Å². The highest BCUT2D eigenvalue weighted by molar-refractivity contribution is 6.04. The van der Waals surface area contributed by atoms with Crippen LogP contribution in [0.15, 0.2) is 78.9 Å². The zero-order chi connectivity index (χ0) is 18.4. The molecule has 3 aromatic rings. The van der Waals surface area contributed by atoms with E-state index in [0.29, 0.717) is 17.2 Å². The van der Waals surface area contributed by atoms with Gasteiger partial charge in [-0.1, -0.05) is 56.3 Å². The van der Waals surface area contributed by atoms with E-state index >= 15 is 0 Å². The molecule has 3 heteroatoms. The molecule has 26 heavy (non-hydrogen) atoms. The van der Waals surface area contributed by atoms with Crippen LogP contribution in [0.1, 0.15) is 42.1 Å². The molecular formula is C23H23NO2. The lowest BCUT2D eigenvalue weighted by molar-refractivity contribution is 0.102. The molecule has 0 saturated heterocycles. The zero-order valence-corrected chi connectivity index (χ0v) is 15.1. The van der Waals surface area contributed by atoms with Crippen molar-refractivity contribution in [3.05, 3.63) is 90.0 Å². The minimum atomic E-state index is -0.140. The molecule has 1 amide bonds. The topological polar surface area (TPSA) is 38.3 Å². The van der Waals surface area contributed by atoms with Crippen molar-refractivity contribution >= 4 is 11.6 Å². The molecule has 3 rings (SSSR count). The number of para-hydroxylation sites is 2. The number of nitrogens with one attached hydrogen (secondary N) is 1. The van der Waals surface area contributed by atoms with Gasteiger partial charge in [0, 0.05) is 11.3 Å². The SMILES string of the molecule is CC[C@H](C)c1ccccc1NC(=O)c1cccc(Oc2ccccc2)c1. The van der Waals surface area contributed by atoms with Crippen LogP contribution in [-0.2, 0) is 0 Å². The molecule has 0 aliphatic rings. The number of hydrogen-bond acceptors (Lipinski definition) is 2. The quantitative estimate of drug-likeness (QED) is 0.574. The fourth-order valence-corrected chi connectivity index (χ4v) is 2.78. The van der Waals surface area contributed by atoms with Crippen LogP contribution in [-0.4, -0.2) is 5.91 Å². The molecule has 132 valence electrons. The fourth-order valence-electron chi connectivity index (χ4n) is 2.78. The van der Waals surface area contributed by atoms with Gasteiger partial charge >= 0.3 is 0 Å². The smallest absolute Gasteiger partial charge is 0.255 e. The first kappa shape index (κ1) is 17.7. The average Bonchev–Trinajstić information content (AvgIpc) is 2.69. The number of carbonyl (C=O) groups excluding carboxylic acids is 1. The van der Waals surface area contributed by atoms with E-state index in [9.17, 15) is 4.79 Å². The summed E-state index contributed by atoms with van der Waals surface area (Å²) < 4.78 is 5.82. The van der Waals surface area contributed by atoms with Crippen LogP contribution in [0.5, 0.6) is 11.5 Å². The highest BCUT2D eigenvalue weighted by Gasteiger charge is 2.13. The summed E-state index contributed by atoms with van der Waals surface area (Å²) in [5, 5.41) is 3.04. The largest absolute Gasteiger partial charge is 0.457 e. The average molecular weight is 345 g/mol. The molecule has 0 fully saturated rings. The van der Waals surface area contributed by atoms with Crippen molar-refractivity contribution in [1.82, 2.24) is 0 Å². The molecule has 0 radical (unpaired) electrons. The van der Waals surface area contributed by atoms with E-state index in [1.165, 1.54) is 0 Å². The summed E-state index contributed by atoms with van der Waals surface area (Å²) in [6, 6.07) is 24.7. The van der Waals surface area contributed by atoms with Gasteiger partial charge in [-0.05, 0) is 54.3 Å². The third-order valence-corrected chi connectivity index (χ3v) is 4.43. The fraction of sp³-hybridized carbons (Fsp3) is 0.174. The Morgan fingerprint density at radius 1 is 0.923 bits per heavy atom. The molecule has 0 unspecified atom stereocenters. The lowest BCUT2D eigenvalue weighted by Gasteiger charge is -2.16. The van der Waals surface area contributed by atoms with Crippen LogP contribution in [0.2, 0.25) is 0 Å². The second-order valence-corrected chi connectivity index (χ2v) is 6.29. The Bertz CT molecular complexity index is 874. The van der Waals surface area contributed by atoms with Crippen molar-refractivity contribution in [2.45, 2.75) is 26.2 Å². The molecule has 0 aromatic heterocycles. The lowest BCUT2D eigenvalue weighted by Crippen LogP contribution is -2.14. The molecule has 0 aliphatic heterocycles. The van der Waals surface area contributed by atoms with Gasteiger partial charge in [0.25, 0.3) is 5.91 Å². The number of amides is 1. The first-order chi connectivity index (χ1) is 12.7. The summed E-state index contributed by atoms with van der Waals surface area (Å²) >= 11 is 0. The van der Waals surface area contributed by atoms with Gasteiger partial charge in [0.2, 0.25) is 0 Å². The number of ether oxygens (including phenoxy) is 1. The summed E-state index contributed by atoms with van der Waals surface area (Å²) in [5.41, 5.74) is 2.58. The van der Waals surface area contributed by atoms with Crippen LogP contribution < -0.4 is 10.1 Å². The summed E-state index contributed by atoms with van der Waals surface area (Å²) in [5.74, 6) is 1.63. The summed E-state index contributed by atoms with van der Waals surface area (Å²) in [6.07, 6.45) is 1.02. The van der Waals surface area contributed by atoms with Crippen LogP contribution in [0.4, 0.5) is 5.69 Å². The van der Waals surface area contributed by atoms with E-state index in [-0.39, 0.29) is 5.91 Å². The van der Waals surface area contributed by atoms with Crippen molar-refractivity contribution in [1.29, 1.82) is 0 Å². The van der Waals surface area contributed by atoms with Crippen molar-refractivity contribution < 1.29 is 9.53 Å². The second kappa shape index (κ2) is 8.34. The predicted octanol–water partition coefficient (Wildman–Crippen LogP) is 6.24. The Morgan fingerprint density at radius 2 is 1.62 bits per heavy atom. The Labute approximate surface area is 154 Å². The van der Waals surface area contributed by atoms with Crippen molar-refractivity contribution in [2.24, 2.45) is 0 Å². The maximum Gasteiger partial charge on any atom is 0.255 e. The Hall–Kier alpha value is -3.07. The molecule has 0 aliphatic carbocycles. The summed E-state index contributed by atoms with van der Waals surface area (Å²) in [7, 11) is 0. The van der Waals surface area contributed by atoms with E-state index in [1.54, 1.807) is 12.1 Å². The van der Waals surface area contributed by atoms with Gasteiger partial charge in [-0.15, -0.1) is 0 Å². The highest BCUT2D eigenvalue weighted by Crippen LogP contribution is 2.27. The van der Waals surface area contributed by atoms with E-state index < -0.39 is 0 Å². The van der Waals surface area contributed by atoms with E-state index in [2.05, 4.69) is 25.2 Å². The van der Waals surface area contributed by atoms with Gasteiger partial charge in [-0.25, -0.2) is 0 Å². The number of rotatable bonds is 6. The minimum absolute atomic E-state index is 0.140. The van der Waals surface area contributed by atoms with Gasteiger partial charge in [-0.2, -0.15) is 0 Å². The van der Waals surface area contributed by atoms with Crippen molar-refractivity contribution in [3.63, 3.8) is 0 Å². The molecule has 0 spiro atoms. The first-order valence-electron chi connectivity index (χ1n) is 8.90. The van der Waals surface area contributed by atoms with Crippen LogP contribution >= 0.6 is 0 Å². The normalized spacial score (nSPS) is 11.6. The number of benzene rings is 3.